The highest BCUT2D eigenvalue weighted by Crippen LogP contribution is 2.40. The lowest BCUT2D eigenvalue weighted by Gasteiger charge is -2.18. The summed E-state index contributed by atoms with van der Waals surface area (Å²) in [5, 5.41) is 9.48. The van der Waals surface area contributed by atoms with E-state index in [4.69, 9.17) is 18.7 Å². The summed E-state index contributed by atoms with van der Waals surface area (Å²) in [6.07, 6.45) is 0. The molecule has 1 amide bonds. The predicted molar refractivity (Wildman–Crippen MR) is 89.1 cm³/mol. The van der Waals surface area contributed by atoms with Crippen molar-refractivity contribution in [1.29, 1.82) is 0 Å². The summed E-state index contributed by atoms with van der Waals surface area (Å²) in [6, 6.07) is 4.57. The molecule has 24 heavy (non-hydrogen) atoms. The van der Waals surface area contributed by atoms with E-state index < -0.39 is 6.04 Å². The smallest absolute Gasteiger partial charge is 0.247 e. The second kappa shape index (κ2) is 7.58. The van der Waals surface area contributed by atoms with Gasteiger partial charge in [0.2, 0.25) is 11.7 Å². The molecule has 0 saturated carbocycles. The number of nitrogens with zero attached hydrogens (tertiary/aromatic N) is 1. The lowest BCUT2D eigenvalue weighted by molar-refractivity contribution is -0.116. The van der Waals surface area contributed by atoms with Crippen molar-refractivity contribution in [3.8, 4) is 17.2 Å². The van der Waals surface area contributed by atoms with Gasteiger partial charge in [0.05, 0.1) is 21.3 Å². The number of benzene rings is 1. The van der Waals surface area contributed by atoms with Crippen LogP contribution in [0.5, 0.6) is 17.2 Å². The summed E-state index contributed by atoms with van der Waals surface area (Å²) >= 11 is 0. The Morgan fingerprint density at radius 3 is 2.21 bits per heavy atom. The van der Waals surface area contributed by atoms with Crippen LogP contribution in [0.15, 0.2) is 22.7 Å². The number of nitrogens with one attached hydrogen (secondary N) is 2. The molecule has 2 rings (SSSR count). The van der Waals surface area contributed by atoms with Gasteiger partial charge in [-0.2, -0.15) is 0 Å². The zero-order valence-electron chi connectivity index (χ0n) is 14.3. The second-order valence-electron chi connectivity index (χ2n) is 5.09. The SMILES string of the molecule is COc1cc(NC(C)C(=O)Nc2cc(C)on2)cc(OC)c1OC. The van der Waals surface area contributed by atoms with Crippen LogP contribution in [0.1, 0.15) is 12.7 Å². The van der Waals surface area contributed by atoms with Gasteiger partial charge in [-0.1, -0.05) is 5.16 Å². The Hall–Kier alpha value is -2.90. The maximum Gasteiger partial charge on any atom is 0.247 e. The predicted octanol–water partition coefficient (Wildman–Crippen LogP) is 2.45. The van der Waals surface area contributed by atoms with Crippen molar-refractivity contribution in [2.45, 2.75) is 19.9 Å². The van der Waals surface area contributed by atoms with E-state index in [-0.39, 0.29) is 5.91 Å². The molecule has 1 aromatic heterocycles. The van der Waals surface area contributed by atoms with Gasteiger partial charge in [-0.15, -0.1) is 0 Å². The number of carbonyl (C=O) groups excluding carboxylic acids is 1. The normalized spacial score (nSPS) is 11.5. The highest BCUT2D eigenvalue weighted by atomic mass is 16.5. The summed E-state index contributed by atoms with van der Waals surface area (Å²) in [4.78, 5) is 12.2. The molecule has 2 aromatic rings. The van der Waals surface area contributed by atoms with Gasteiger partial charge >= 0.3 is 0 Å². The first-order valence-corrected chi connectivity index (χ1v) is 7.29. The van der Waals surface area contributed by atoms with Crippen LogP contribution in [-0.4, -0.2) is 38.4 Å². The zero-order chi connectivity index (χ0) is 17.7. The van der Waals surface area contributed by atoms with Crippen molar-refractivity contribution in [2.75, 3.05) is 32.0 Å². The number of methoxy groups -OCH3 is 3. The molecule has 8 heteroatoms. The van der Waals surface area contributed by atoms with Crippen LogP contribution in [0.4, 0.5) is 11.5 Å². The van der Waals surface area contributed by atoms with Gasteiger partial charge in [0.1, 0.15) is 11.8 Å². The van der Waals surface area contributed by atoms with Gasteiger partial charge in [-0.05, 0) is 13.8 Å². The first-order valence-electron chi connectivity index (χ1n) is 7.29. The highest BCUT2D eigenvalue weighted by Gasteiger charge is 2.18. The summed E-state index contributed by atoms with van der Waals surface area (Å²) in [7, 11) is 4.59. The number of hydrogen-bond acceptors (Lipinski definition) is 7. The average molecular weight is 335 g/mol. The van der Waals surface area contributed by atoms with Gasteiger partial charge in [0.25, 0.3) is 0 Å². The molecular weight excluding hydrogens is 314 g/mol. The van der Waals surface area contributed by atoms with Crippen LogP contribution in [0.2, 0.25) is 0 Å². The molecule has 1 heterocycles. The highest BCUT2D eigenvalue weighted by molar-refractivity contribution is 5.95. The molecule has 0 fully saturated rings. The molecule has 0 radical (unpaired) electrons. The van der Waals surface area contributed by atoms with E-state index in [9.17, 15) is 4.79 Å². The van der Waals surface area contributed by atoms with Crippen molar-refractivity contribution in [3.63, 3.8) is 0 Å². The minimum absolute atomic E-state index is 0.253. The van der Waals surface area contributed by atoms with E-state index >= 15 is 0 Å². The Morgan fingerprint density at radius 2 is 1.75 bits per heavy atom. The van der Waals surface area contributed by atoms with Crippen molar-refractivity contribution in [3.05, 3.63) is 24.0 Å². The van der Waals surface area contributed by atoms with Crippen molar-refractivity contribution >= 4 is 17.4 Å². The van der Waals surface area contributed by atoms with E-state index in [0.717, 1.165) is 0 Å². The van der Waals surface area contributed by atoms with Crippen molar-refractivity contribution in [2.24, 2.45) is 0 Å². The second-order valence-corrected chi connectivity index (χ2v) is 5.09. The Balaban J connectivity index is 2.12. The van der Waals surface area contributed by atoms with Crippen LogP contribution in [-0.2, 0) is 4.79 Å². The van der Waals surface area contributed by atoms with E-state index in [2.05, 4.69) is 15.8 Å². The van der Waals surface area contributed by atoms with Crippen LogP contribution in [0.3, 0.4) is 0 Å². The third kappa shape index (κ3) is 3.89. The lowest BCUT2D eigenvalue weighted by atomic mass is 10.2. The van der Waals surface area contributed by atoms with E-state index in [1.807, 2.05) is 0 Å². The fraction of sp³-hybridized carbons (Fsp3) is 0.375. The summed E-state index contributed by atoms with van der Waals surface area (Å²) < 4.78 is 20.8. The van der Waals surface area contributed by atoms with Gasteiger partial charge in [0, 0.05) is 23.9 Å². The summed E-state index contributed by atoms with van der Waals surface area (Å²) in [5.41, 5.74) is 0.656. The fourth-order valence-corrected chi connectivity index (χ4v) is 2.14. The standard InChI is InChI=1S/C16H21N3O5/c1-9-6-14(19-24-9)18-16(20)10(2)17-11-7-12(21-3)15(23-5)13(8-11)22-4/h6-8,10,17H,1-5H3,(H,18,19,20). The average Bonchev–Trinajstić information content (AvgIpc) is 2.98. The Labute approximate surface area is 140 Å². The number of aromatic nitrogens is 1. The number of carbonyl (C=O) groups is 1. The molecule has 0 aliphatic carbocycles. The quantitative estimate of drug-likeness (QED) is 0.802. The third-order valence-electron chi connectivity index (χ3n) is 3.32. The molecule has 1 aromatic carbocycles. The maximum atomic E-state index is 12.2. The molecule has 0 bridgehead atoms. The molecule has 1 atom stereocenters. The minimum atomic E-state index is -0.523. The van der Waals surface area contributed by atoms with Gasteiger partial charge in [0.15, 0.2) is 17.3 Å². The molecule has 0 aliphatic rings. The molecule has 2 N–H and O–H groups in total. The van der Waals surface area contributed by atoms with Gasteiger partial charge in [-0.25, -0.2) is 0 Å². The molecular formula is C16H21N3O5. The summed E-state index contributed by atoms with van der Waals surface area (Å²) in [6.45, 7) is 3.48. The van der Waals surface area contributed by atoms with Crippen molar-refractivity contribution in [1.82, 2.24) is 5.16 Å². The topological polar surface area (TPSA) is 94.9 Å². The third-order valence-corrected chi connectivity index (χ3v) is 3.32. The molecule has 0 saturated heterocycles. The Morgan fingerprint density at radius 1 is 1.12 bits per heavy atom. The van der Waals surface area contributed by atoms with Crippen LogP contribution < -0.4 is 24.8 Å². The first-order chi connectivity index (χ1) is 11.5. The number of anilines is 2. The van der Waals surface area contributed by atoms with Gasteiger partial charge < -0.3 is 29.4 Å². The number of hydrogen-bond donors (Lipinski definition) is 2. The minimum Gasteiger partial charge on any atom is -0.493 e. The summed E-state index contributed by atoms with van der Waals surface area (Å²) in [5.74, 6) is 2.22. The number of aryl methyl sites for hydroxylation is 1. The zero-order valence-corrected chi connectivity index (χ0v) is 14.3. The fourth-order valence-electron chi connectivity index (χ4n) is 2.14. The van der Waals surface area contributed by atoms with E-state index in [1.54, 1.807) is 32.0 Å². The van der Waals surface area contributed by atoms with Gasteiger partial charge in [-0.3, -0.25) is 4.79 Å². The molecule has 0 aliphatic heterocycles. The lowest BCUT2D eigenvalue weighted by Crippen LogP contribution is -2.32. The number of amides is 1. The maximum absolute atomic E-state index is 12.2. The van der Waals surface area contributed by atoms with Crippen LogP contribution in [0, 0.1) is 6.92 Å². The van der Waals surface area contributed by atoms with Crippen LogP contribution in [0.25, 0.3) is 0 Å². The monoisotopic (exact) mass is 335 g/mol. The number of ether oxygens (including phenoxy) is 3. The molecule has 130 valence electrons. The number of rotatable bonds is 7. The molecule has 1 unspecified atom stereocenters. The molecule has 0 spiro atoms. The van der Waals surface area contributed by atoms with Crippen molar-refractivity contribution < 1.29 is 23.5 Å². The Bertz CT molecular complexity index is 688. The Kier molecular flexibility index (Phi) is 5.51. The largest absolute Gasteiger partial charge is 0.493 e. The molecule has 8 nitrogen and oxygen atoms in total. The van der Waals surface area contributed by atoms with E-state index in [1.165, 1.54) is 21.3 Å². The first kappa shape index (κ1) is 17.5. The van der Waals surface area contributed by atoms with Crippen LogP contribution >= 0.6 is 0 Å². The van der Waals surface area contributed by atoms with E-state index in [0.29, 0.717) is 34.5 Å².